The number of aromatic nitrogens is 2. The molecule has 128 valence electrons. The third kappa shape index (κ3) is 3.36. The predicted molar refractivity (Wildman–Crippen MR) is 89.4 cm³/mol. The molecule has 6 heteroatoms. The van der Waals surface area contributed by atoms with E-state index in [0.29, 0.717) is 0 Å². The molecule has 3 aromatic rings. The summed E-state index contributed by atoms with van der Waals surface area (Å²) in [5, 5.41) is 9.08. The lowest BCUT2D eigenvalue weighted by Crippen LogP contribution is -2.06. The maximum atomic E-state index is 13.3. The van der Waals surface area contributed by atoms with Crippen LogP contribution in [0.1, 0.15) is 36.5 Å². The molecule has 0 radical (unpaired) electrons. The smallest absolute Gasteiger partial charge is 0.299 e. The van der Waals surface area contributed by atoms with E-state index >= 15 is 0 Å². The first-order valence-electron chi connectivity index (χ1n) is 8.01. The lowest BCUT2D eigenvalue weighted by atomic mass is 10.1. The molecular weight excluding hydrogens is 327 g/mol. The van der Waals surface area contributed by atoms with Crippen LogP contribution in [0.4, 0.5) is 13.2 Å². The molecule has 0 aliphatic rings. The average Bonchev–Trinajstić information content (AvgIpc) is 3.02. The van der Waals surface area contributed by atoms with E-state index in [-0.39, 0.29) is 16.6 Å². The fourth-order valence-electron chi connectivity index (χ4n) is 2.85. The van der Waals surface area contributed by atoms with Crippen LogP contribution in [-0.2, 0) is 12.6 Å². The van der Waals surface area contributed by atoms with Gasteiger partial charge < -0.3 is 0 Å². The van der Waals surface area contributed by atoms with Crippen LogP contribution in [0.15, 0.2) is 42.7 Å². The molecule has 3 nitrogen and oxygen atoms in total. The number of benzene rings is 2. The highest BCUT2D eigenvalue weighted by molar-refractivity contribution is 5.83. The number of imidazole rings is 1. The lowest BCUT2D eigenvalue weighted by molar-refractivity contribution is -0.136. The number of hydrogen-bond acceptors (Lipinski definition) is 2. The Hall–Kier alpha value is -2.81. The SMILES string of the molecule is CCCCc1cccc(-n2cnc3c(C(F)(F)F)cc(C#N)cc32)c1. The minimum absolute atomic E-state index is 0.0382. The van der Waals surface area contributed by atoms with E-state index in [4.69, 9.17) is 5.26 Å². The van der Waals surface area contributed by atoms with Crippen LogP contribution in [0, 0.1) is 11.3 Å². The second kappa shape index (κ2) is 6.60. The Labute approximate surface area is 143 Å². The maximum Gasteiger partial charge on any atom is 0.418 e. The van der Waals surface area contributed by atoms with E-state index in [1.54, 1.807) is 10.6 Å². The van der Waals surface area contributed by atoms with Crippen molar-refractivity contribution >= 4 is 11.0 Å². The molecule has 0 spiro atoms. The Morgan fingerprint density at radius 2 is 2.00 bits per heavy atom. The van der Waals surface area contributed by atoms with Crippen LogP contribution in [0.3, 0.4) is 0 Å². The van der Waals surface area contributed by atoms with Crippen molar-refractivity contribution in [2.75, 3.05) is 0 Å². The standard InChI is InChI=1S/C19H16F3N3/c1-2-3-5-13-6-4-7-15(8-13)25-12-24-18-16(19(20,21)22)9-14(11-23)10-17(18)25/h4,6-10,12H,2-3,5H2,1H3. The van der Waals surface area contributed by atoms with Gasteiger partial charge in [-0.15, -0.1) is 0 Å². The number of halogens is 3. The Morgan fingerprint density at radius 1 is 1.20 bits per heavy atom. The summed E-state index contributed by atoms with van der Waals surface area (Å²) in [6, 6.07) is 11.7. The number of rotatable bonds is 4. The molecule has 3 rings (SSSR count). The van der Waals surface area contributed by atoms with Gasteiger partial charge in [0, 0.05) is 5.69 Å². The average molecular weight is 343 g/mol. The molecule has 0 saturated heterocycles. The molecular formula is C19H16F3N3. The lowest BCUT2D eigenvalue weighted by Gasteiger charge is -2.10. The van der Waals surface area contributed by atoms with E-state index in [1.807, 2.05) is 24.3 Å². The highest BCUT2D eigenvalue weighted by Gasteiger charge is 2.34. The molecule has 1 heterocycles. The third-order valence-electron chi connectivity index (χ3n) is 4.09. The zero-order valence-electron chi connectivity index (χ0n) is 13.6. The van der Waals surface area contributed by atoms with Gasteiger partial charge in [0.25, 0.3) is 0 Å². The Kier molecular flexibility index (Phi) is 4.49. The Balaban J connectivity index is 2.17. The van der Waals surface area contributed by atoms with Crippen LogP contribution < -0.4 is 0 Å². The van der Waals surface area contributed by atoms with Crippen LogP contribution in [0.2, 0.25) is 0 Å². The van der Waals surface area contributed by atoms with Crippen molar-refractivity contribution in [1.82, 2.24) is 9.55 Å². The third-order valence-corrected chi connectivity index (χ3v) is 4.09. The quantitative estimate of drug-likeness (QED) is 0.648. The molecule has 1 aromatic heterocycles. The topological polar surface area (TPSA) is 41.6 Å². The van der Waals surface area contributed by atoms with Gasteiger partial charge in [-0.05, 0) is 42.7 Å². The van der Waals surface area contributed by atoms with Crippen molar-refractivity contribution < 1.29 is 13.2 Å². The predicted octanol–water partition coefficient (Wildman–Crippen LogP) is 5.26. The van der Waals surface area contributed by atoms with Gasteiger partial charge in [0.15, 0.2) is 0 Å². The summed E-state index contributed by atoms with van der Waals surface area (Å²) in [5.41, 5.74) is 1.06. The number of unbranched alkanes of at least 4 members (excludes halogenated alkanes) is 1. The van der Waals surface area contributed by atoms with Gasteiger partial charge in [0.2, 0.25) is 0 Å². The molecule has 0 N–H and O–H groups in total. The molecule has 25 heavy (non-hydrogen) atoms. The van der Waals surface area contributed by atoms with Crippen molar-refractivity contribution in [1.29, 1.82) is 5.26 Å². The van der Waals surface area contributed by atoms with Crippen molar-refractivity contribution in [3.63, 3.8) is 0 Å². The van der Waals surface area contributed by atoms with Crippen LogP contribution in [0.25, 0.3) is 16.7 Å². The summed E-state index contributed by atoms with van der Waals surface area (Å²) < 4.78 is 41.5. The van der Waals surface area contributed by atoms with Crippen molar-refractivity contribution in [2.24, 2.45) is 0 Å². The van der Waals surface area contributed by atoms with Gasteiger partial charge in [0.05, 0.1) is 22.7 Å². The van der Waals surface area contributed by atoms with Crippen LogP contribution in [0.5, 0.6) is 0 Å². The molecule has 2 aromatic carbocycles. The largest absolute Gasteiger partial charge is 0.418 e. The Morgan fingerprint density at radius 3 is 2.68 bits per heavy atom. The summed E-state index contributed by atoms with van der Waals surface area (Å²) in [6.07, 6.45) is -0.162. The van der Waals surface area contributed by atoms with Gasteiger partial charge in [0.1, 0.15) is 11.8 Å². The molecule has 0 saturated carbocycles. The van der Waals surface area contributed by atoms with Crippen molar-refractivity contribution in [3.8, 4) is 11.8 Å². The molecule has 0 atom stereocenters. The second-order valence-electron chi connectivity index (χ2n) is 5.89. The van der Waals surface area contributed by atoms with Gasteiger partial charge in [-0.1, -0.05) is 25.5 Å². The first-order valence-corrected chi connectivity index (χ1v) is 8.01. The van der Waals surface area contributed by atoms with E-state index < -0.39 is 11.7 Å². The summed E-state index contributed by atoms with van der Waals surface area (Å²) in [5.74, 6) is 0. The normalized spacial score (nSPS) is 11.6. The zero-order chi connectivity index (χ0) is 18.0. The minimum Gasteiger partial charge on any atom is -0.299 e. The molecule has 0 unspecified atom stereocenters. The van der Waals surface area contributed by atoms with Gasteiger partial charge in [-0.3, -0.25) is 4.57 Å². The van der Waals surface area contributed by atoms with E-state index in [0.717, 1.165) is 36.6 Å². The number of nitriles is 1. The monoisotopic (exact) mass is 343 g/mol. The molecule has 0 aliphatic carbocycles. The minimum atomic E-state index is -4.56. The fourth-order valence-corrected chi connectivity index (χ4v) is 2.85. The maximum absolute atomic E-state index is 13.3. The van der Waals surface area contributed by atoms with E-state index in [9.17, 15) is 13.2 Å². The zero-order valence-corrected chi connectivity index (χ0v) is 13.6. The van der Waals surface area contributed by atoms with Crippen molar-refractivity contribution in [2.45, 2.75) is 32.4 Å². The Bertz CT molecular complexity index is 949. The van der Waals surface area contributed by atoms with E-state index in [2.05, 4.69) is 11.9 Å². The highest BCUT2D eigenvalue weighted by atomic mass is 19.4. The van der Waals surface area contributed by atoms with Gasteiger partial charge in [-0.25, -0.2) is 4.98 Å². The van der Waals surface area contributed by atoms with Crippen LogP contribution >= 0.6 is 0 Å². The number of hydrogen-bond donors (Lipinski definition) is 0. The van der Waals surface area contributed by atoms with Gasteiger partial charge in [-0.2, -0.15) is 18.4 Å². The molecule has 0 bridgehead atoms. The number of aryl methyl sites for hydroxylation is 1. The first kappa shape index (κ1) is 17.0. The summed E-state index contributed by atoms with van der Waals surface area (Å²) in [4.78, 5) is 3.96. The summed E-state index contributed by atoms with van der Waals surface area (Å²) in [6.45, 7) is 2.11. The fraction of sp³-hybridized carbons (Fsp3) is 0.263. The molecule has 0 amide bonds. The summed E-state index contributed by atoms with van der Waals surface area (Å²) >= 11 is 0. The van der Waals surface area contributed by atoms with Gasteiger partial charge >= 0.3 is 6.18 Å². The first-order chi connectivity index (χ1) is 11.9. The molecule has 0 aliphatic heterocycles. The highest BCUT2D eigenvalue weighted by Crippen LogP contribution is 2.35. The summed E-state index contributed by atoms with van der Waals surface area (Å²) in [7, 11) is 0. The molecule has 0 fully saturated rings. The number of nitrogens with zero attached hydrogens (tertiary/aromatic N) is 3. The van der Waals surface area contributed by atoms with Crippen molar-refractivity contribution in [3.05, 3.63) is 59.4 Å². The van der Waals surface area contributed by atoms with Crippen LogP contribution in [-0.4, -0.2) is 9.55 Å². The second-order valence-corrected chi connectivity index (χ2v) is 5.89. The number of alkyl halides is 3. The van der Waals surface area contributed by atoms with E-state index in [1.165, 1.54) is 12.4 Å². The number of fused-ring (bicyclic) bond motifs is 1.